The fraction of sp³-hybridized carbons (Fsp3) is 0.273. The molecular weight excluding hydrogens is 406 g/mol. The number of thiocarbonyl (C=S) groups is 1. The standard InChI is InChI=1S/C22H22ClN3O2S/c1-14-6-7-15(13-16(14)23)18-8-9-19(28-18)21-20(17-5-3-4-10-24-17)25-22(29)26(21)11-12-27-2/h3-10,13,20-21H,11-12H2,1-2H3,(H,25,29)/t20-,21+/m1/s1. The molecule has 0 bridgehead atoms. The number of pyridine rings is 1. The van der Waals surface area contributed by atoms with Gasteiger partial charge in [0.2, 0.25) is 0 Å². The van der Waals surface area contributed by atoms with Crippen LogP contribution in [-0.4, -0.2) is 35.3 Å². The summed E-state index contributed by atoms with van der Waals surface area (Å²) in [7, 11) is 1.68. The number of methoxy groups -OCH3 is 1. The minimum atomic E-state index is -0.123. The van der Waals surface area contributed by atoms with E-state index in [0.29, 0.717) is 18.3 Å². The summed E-state index contributed by atoms with van der Waals surface area (Å²) in [4.78, 5) is 6.63. The van der Waals surface area contributed by atoms with Crippen LogP contribution in [0.5, 0.6) is 0 Å². The molecule has 1 aliphatic heterocycles. The molecule has 1 aromatic carbocycles. The number of aromatic nitrogens is 1. The molecule has 1 saturated heterocycles. The van der Waals surface area contributed by atoms with Crippen LogP contribution in [0.25, 0.3) is 11.3 Å². The fourth-order valence-electron chi connectivity index (χ4n) is 3.56. The van der Waals surface area contributed by atoms with Crippen molar-refractivity contribution in [1.29, 1.82) is 0 Å². The minimum absolute atomic E-state index is 0.110. The molecule has 1 aliphatic rings. The number of halogens is 1. The quantitative estimate of drug-likeness (QED) is 0.563. The molecule has 0 radical (unpaired) electrons. The Morgan fingerprint density at radius 1 is 1.24 bits per heavy atom. The zero-order chi connectivity index (χ0) is 20.4. The Morgan fingerprint density at radius 3 is 2.83 bits per heavy atom. The Bertz CT molecular complexity index is 1010. The Kier molecular flexibility index (Phi) is 5.85. The molecule has 7 heteroatoms. The number of hydrogen-bond donors (Lipinski definition) is 1. The molecule has 0 spiro atoms. The zero-order valence-corrected chi connectivity index (χ0v) is 17.8. The van der Waals surface area contributed by atoms with Gasteiger partial charge in [-0.3, -0.25) is 4.98 Å². The van der Waals surface area contributed by atoms with Crippen molar-refractivity contribution in [3.05, 3.63) is 76.8 Å². The molecule has 1 N–H and O–H groups in total. The molecule has 0 saturated carbocycles. The second-order valence-corrected chi connectivity index (χ2v) is 7.77. The molecule has 0 unspecified atom stereocenters. The van der Waals surface area contributed by atoms with E-state index in [1.165, 1.54) is 0 Å². The minimum Gasteiger partial charge on any atom is -0.459 e. The lowest BCUT2D eigenvalue weighted by Crippen LogP contribution is -2.32. The summed E-state index contributed by atoms with van der Waals surface area (Å²) in [5, 5.41) is 4.79. The van der Waals surface area contributed by atoms with Gasteiger partial charge < -0.3 is 19.4 Å². The second-order valence-electron chi connectivity index (χ2n) is 6.98. The van der Waals surface area contributed by atoms with Crippen LogP contribution >= 0.6 is 23.8 Å². The van der Waals surface area contributed by atoms with E-state index in [1.807, 2.05) is 55.5 Å². The van der Waals surface area contributed by atoms with Crippen molar-refractivity contribution in [2.75, 3.05) is 20.3 Å². The summed E-state index contributed by atoms with van der Waals surface area (Å²) >= 11 is 11.9. The van der Waals surface area contributed by atoms with Gasteiger partial charge in [-0.05, 0) is 55.0 Å². The zero-order valence-electron chi connectivity index (χ0n) is 16.3. The van der Waals surface area contributed by atoms with Crippen molar-refractivity contribution in [3.8, 4) is 11.3 Å². The number of nitrogens with zero attached hydrogens (tertiary/aromatic N) is 2. The Labute approximate surface area is 180 Å². The van der Waals surface area contributed by atoms with Crippen LogP contribution in [0.1, 0.15) is 29.1 Å². The predicted octanol–water partition coefficient (Wildman–Crippen LogP) is 4.92. The third-order valence-corrected chi connectivity index (χ3v) is 5.87. The normalized spacial score (nSPS) is 18.9. The summed E-state index contributed by atoms with van der Waals surface area (Å²) in [5.41, 5.74) is 2.89. The molecule has 4 rings (SSSR count). The Hall–Kier alpha value is -2.41. The smallest absolute Gasteiger partial charge is 0.170 e. The first-order chi connectivity index (χ1) is 14.1. The average Bonchev–Trinajstić information content (AvgIpc) is 3.34. The largest absolute Gasteiger partial charge is 0.459 e. The third-order valence-electron chi connectivity index (χ3n) is 5.11. The molecule has 2 aromatic heterocycles. The van der Waals surface area contributed by atoms with E-state index in [1.54, 1.807) is 13.3 Å². The first-order valence-corrected chi connectivity index (χ1v) is 10.2. The van der Waals surface area contributed by atoms with Crippen LogP contribution in [0, 0.1) is 6.92 Å². The predicted molar refractivity (Wildman–Crippen MR) is 118 cm³/mol. The van der Waals surface area contributed by atoms with E-state index in [-0.39, 0.29) is 12.1 Å². The number of furan rings is 1. The fourth-order valence-corrected chi connectivity index (χ4v) is 4.07. The molecule has 2 atom stereocenters. The highest BCUT2D eigenvalue weighted by atomic mass is 35.5. The second kappa shape index (κ2) is 8.53. The van der Waals surface area contributed by atoms with Crippen LogP contribution < -0.4 is 5.32 Å². The molecule has 1 fully saturated rings. The maximum Gasteiger partial charge on any atom is 0.170 e. The van der Waals surface area contributed by atoms with Gasteiger partial charge in [0.25, 0.3) is 0 Å². The van der Waals surface area contributed by atoms with Gasteiger partial charge in [0.15, 0.2) is 5.11 Å². The highest BCUT2D eigenvalue weighted by Crippen LogP contribution is 2.40. The molecule has 0 aliphatic carbocycles. The van der Waals surface area contributed by atoms with Gasteiger partial charge in [-0.15, -0.1) is 0 Å². The molecule has 150 valence electrons. The van der Waals surface area contributed by atoms with Crippen molar-refractivity contribution < 1.29 is 9.15 Å². The summed E-state index contributed by atoms with van der Waals surface area (Å²) in [6.45, 7) is 3.20. The van der Waals surface area contributed by atoms with Gasteiger partial charge in [-0.1, -0.05) is 29.8 Å². The summed E-state index contributed by atoms with van der Waals surface area (Å²) in [5.74, 6) is 1.59. The highest BCUT2D eigenvalue weighted by molar-refractivity contribution is 7.80. The van der Waals surface area contributed by atoms with Crippen LogP contribution in [0.4, 0.5) is 0 Å². The summed E-state index contributed by atoms with van der Waals surface area (Å²) in [6.07, 6.45) is 1.79. The first-order valence-electron chi connectivity index (χ1n) is 9.41. The van der Waals surface area contributed by atoms with Crippen LogP contribution in [-0.2, 0) is 4.74 Å². The molecule has 3 aromatic rings. The van der Waals surface area contributed by atoms with E-state index in [0.717, 1.165) is 33.4 Å². The lowest BCUT2D eigenvalue weighted by Gasteiger charge is -2.25. The van der Waals surface area contributed by atoms with Gasteiger partial charge in [0, 0.05) is 30.4 Å². The van der Waals surface area contributed by atoms with Crippen LogP contribution in [0.2, 0.25) is 5.02 Å². The van der Waals surface area contributed by atoms with Gasteiger partial charge in [0.05, 0.1) is 18.3 Å². The highest BCUT2D eigenvalue weighted by Gasteiger charge is 2.41. The average molecular weight is 428 g/mol. The van der Waals surface area contributed by atoms with Gasteiger partial charge >= 0.3 is 0 Å². The van der Waals surface area contributed by atoms with Crippen molar-refractivity contribution in [1.82, 2.24) is 15.2 Å². The Morgan fingerprint density at radius 2 is 2.10 bits per heavy atom. The van der Waals surface area contributed by atoms with E-state index in [4.69, 9.17) is 33.0 Å². The molecule has 0 amide bonds. The van der Waals surface area contributed by atoms with Crippen molar-refractivity contribution in [2.45, 2.75) is 19.0 Å². The summed E-state index contributed by atoms with van der Waals surface area (Å²) in [6, 6.07) is 15.6. The maximum atomic E-state index is 6.30. The lowest BCUT2D eigenvalue weighted by atomic mass is 10.0. The molecule has 5 nitrogen and oxygen atoms in total. The number of benzene rings is 1. The first kappa shape index (κ1) is 19.9. The number of ether oxygens (including phenoxy) is 1. The maximum absolute atomic E-state index is 6.30. The van der Waals surface area contributed by atoms with Gasteiger partial charge in [-0.2, -0.15) is 0 Å². The number of hydrogen-bond acceptors (Lipinski definition) is 4. The topological polar surface area (TPSA) is 50.5 Å². The molecule has 29 heavy (non-hydrogen) atoms. The molecular formula is C22H22ClN3O2S. The summed E-state index contributed by atoms with van der Waals surface area (Å²) < 4.78 is 11.6. The molecule has 3 heterocycles. The van der Waals surface area contributed by atoms with E-state index < -0.39 is 0 Å². The van der Waals surface area contributed by atoms with Crippen molar-refractivity contribution in [2.24, 2.45) is 0 Å². The number of aryl methyl sites for hydroxylation is 1. The number of nitrogens with one attached hydrogen (secondary N) is 1. The monoisotopic (exact) mass is 427 g/mol. The third kappa shape index (κ3) is 4.01. The lowest BCUT2D eigenvalue weighted by molar-refractivity contribution is 0.158. The van der Waals surface area contributed by atoms with E-state index >= 15 is 0 Å². The van der Waals surface area contributed by atoms with E-state index in [2.05, 4.69) is 15.2 Å². The Balaban J connectivity index is 1.71. The van der Waals surface area contributed by atoms with Gasteiger partial charge in [-0.25, -0.2) is 0 Å². The van der Waals surface area contributed by atoms with Crippen LogP contribution in [0.3, 0.4) is 0 Å². The van der Waals surface area contributed by atoms with Crippen molar-refractivity contribution in [3.63, 3.8) is 0 Å². The van der Waals surface area contributed by atoms with Crippen LogP contribution in [0.15, 0.2) is 59.1 Å². The van der Waals surface area contributed by atoms with Crippen molar-refractivity contribution >= 4 is 28.9 Å². The SMILES string of the molecule is COCCN1C(=S)N[C@H](c2ccccn2)[C@@H]1c1ccc(-c2ccc(C)c(Cl)c2)o1. The number of rotatable bonds is 6. The van der Waals surface area contributed by atoms with Gasteiger partial charge in [0.1, 0.15) is 17.6 Å². The van der Waals surface area contributed by atoms with E-state index in [9.17, 15) is 0 Å².